The molecule has 0 spiro atoms. The average molecular weight is 254 g/mol. The van der Waals surface area contributed by atoms with E-state index in [1.54, 1.807) is 0 Å². The first-order valence-corrected chi connectivity index (χ1v) is 7.89. The first kappa shape index (κ1) is 12.3. The molecule has 1 heterocycles. The summed E-state index contributed by atoms with van der Waals surface area (Å²) in [7, 11) is 0. The minimum absolute atomic E-state index is 0.195. The van der Waals surface area contributed by atoms with Gasteiger partial charge in [0, 0.05) is 22.5 Å². The fraction of sp³-hybridized carbons (Fsp3) is 0.538. The minimum atomic E-state index is -0.195. The summed E-state index contributed by atoms with van der Waals surface area (Å²) in [4.78, 5) is 0. The maximum absolute atomic E-state index is 10.2. The largest absolute Gasteiger partial charge is 0.392 e. The summed E-state index contributed by atoms with van der Waals surface area (Å²) >= 11 is 3.89. The number of rotatable bonds is 3. The van der Waals surface area contributed by atoms with Crippen LogP contribution < -0.4 is 0 Å². The third-order valence-electron chi connectivity index (χ3n) is 2.80. The first-order valence-electron chi connectivity index (χ1n) is 5.68. The van der Waals surface area contributed by atoms with Crippen LogP contribution in [0.5, 0.6) is 0 Å². The fourth-order valence-corrected chi connectivity index (χ4v) is 4.71. The third-order valence-corrected chi connectivity index (χ3v) is 5.70. The molecule has 0 bridgehead atoms. The Hall–Kier alpha value is -0.120. The standard InChI is InChI=1S/C13H18OS2/c1-10-3-2-4-11(7-10)8-12(14)13-9-15-5-6-16-13/h2-4,7,12-14H,5-6,8-9H2,1H3. The number of benzene rings is 1. The SMILES string of the molecule is Cc1cccc(CC(O)C2CSCCS2)c1. The van der Waals surface area contributed by atoms with Gasteiger partial charge in [-0.25, -0.2) is 0 Å². The zero-order chi connectivity index (χ0) is 11.4. The van der Waals surface area contributed by atoms with Gasteiger partial charge in [-0.2, -0.15) is 23.5 Å². The average Bonchev–Trinajstić information content (AvgIpc) is 2.30. The quantitative estimate of drug-likeness (QED) is 0.895. The van der Waals surface area contributed by atoms with Crippen LogP contribution in [0, 0.1) is 6.92 Å². The van der Waals surface area contributed by atoms with Crippen LogP contribution in [0.2, 0.25) is 0 Å². The third kappa shape index (κ3) is 3.44. The summed E-state index contributed by atoms with van der Waals surface area (Å²) in [5.74, 6) is 3.51. The topological polar surface area (TPSA) is 20.2 Å². The van der Waals surface area contributed by atoms with Crippen LogP contribution in [-0.2, 0) is 6.42 Å². The molecule has 0 saturated carbocycles. The van der Waals surface area contributed by atoms with Crippen LogP contribution >= 0.6 is 23.5 Å². The maximum Gasteiger partial charge on any atom is 0.0707 e. The van der Waals surface area contributed by atoms with Crippen LogP contribution in [0.3, 0.4) is 0 Å². The lowest BCUT2D eigenvalue weighted by atomic mass is 10.0. The maximum atomic E-state index is 10.2. The number of hydrogen-bond acceptors (Lipinski definition) is 3. The molecular formula is C13H18OS2. The normalized spacial score (nSPS) is 23.0. The van der Waals surface area contributed by atoms with Gasteiger partial charge in [0.25, 0.3) is 0 Å². The molecule has 1 N–H and O–H groups in total. The Morgan fingerprint density at radius 1 is 1.44 bits per heavy atom. The molecule has 1 aromatic rings. The fourth-order valence-electron chi connectivity index (χ4n) is 1.94. The van der Waals surface area contributed by atoms with Gasteiger partial charge in [-0.15, -0.1) is 0 Å². The van der Waals surface area contributed by atoms with Crippen LogP contribution in [0.1, 0.15) is 11.1 Å². The highest BCUT2D eigenvalue weighted by molar-refractivity contribution is 8.06. The Morgan fingerprint density at radius 3 is 3.00 bits per heavy atom. The van der Waals surface area contributed by atoms with Gasteiger partial charge in [-0.05, 0) is 18.9 Å². The summed E-state index contributed by atoms with van der Waals surface area (Å²) in [5, 5.41) is 10.6. The van der Waals surface area contributed by atoms with E-state index in [0.717, 1.165) is 12.2 Å². The van der Waals surface area contributed by atoms with E-state index in [2.05, 4.69) is 31.2 Å². The highest BCUT2D eigenvalue weighted by Gasteiger charge is 2.22. The van der Waals surface area contributed by atoms with Gasteiger partial charge >= 0.3 is 0 Å². The lowest BCUT2D eigenvalue weighted by Gasteiger charge is -2.25. The highest BCUT2D eigenvalue weighted by atomic mass is 32.2. The van der Waals surface area contributed by atoms with E-state index in [1.165, 1.54) is 22.6 Å². The molecule has 1 aromatic carbocycles. The molecule has 0 radical (unpaired) electrons. The van der Waals surface area contributed by atoms with Crippen molar-refractivity contribution in [2.45, 2.75) is 24.7 Å². The van der Waals surface area contributed by atoms with Crippen molar-refractivity contribution in [2.24, 2.45) is 0 Å². The Kier molecular flexibility index (Phi) is 4.62. The molecule has 3 heteroatoms. The number of thioether (sulfide) groups is 2. The Bertz CT molecular complexity index is 334. The van der Waals surface area contributed by atoms with E-state index < -0.39 is 0 Å². The summed E-state index contributed by atoms with van der Waals surface area (Å²) in [5.41, 5.74) is 2.53. The van der Waals surface area contributed by atoms with E-state index in [0.29, 0.717) is 5.25 Å². The molecule has 1 fully saturated rings. The van der Waals surface area contributed by atoms with Crippen molar-refractivity contribution in [3.63, 3.8) is 0 Å². The minimum Gasteiger partial charge on any atom is -0.392 e. The van der Waals surface area contributed by atoms with Crippen molar-refractivity contribution >= 4 is 23.5 Å². The molecule has 1 nitrogen and oxygen atoms in total. The van der Waals surface area contributed by atoms with Crippen molar-refractivity contribution in [3.05, 3.63) is 35.4 Å². The molecule has 2 unspecified atom stereocenters. The van der Waals surface area contributed by atoms with Gasteiger partial charge in [0.2, 0.25) is 0 Å². The van der Waals surface area contributed by atoms with E-state index in [1.807, 2.05) is 23.5 Å². The number of aliphatic hydroxyl groups is 1. The zero-order valence-corrected chi connectivity index (χ0v) is 11.2. The predicted molar refractivity (Wildman–Crippen MR) is 74.5 cm³/mol. The van der Waals surface area contributed by atoms with E-state index in [4.69, 9.17) is 0 Å². The summed E-state index contributed by atoms with van der Waals surface area (Å²) in [6.07, 6.45) is 0.597. The Morgan fingerprint density at radius 2 is 2.31 bits per heavy atom. The van der Waals surface area contributed by atoms with E-state index >= 15 is 0 Å². The molecular weight excluding hydrogens is 236 g/mol. The predicted octanol–water partition coefficient (Wildman–Crippen LogP) is 2.75. The molecule has 0 aromatic heterocycles. The van der Waals surface area contributed by atoms with Crippen LogP contribution in [-0.4, -0.2) is 33.7 Å². The van der Waals surface area contributed by atoms with Crippen LogP contribution in [0.4, 0.5) is 0 Å². The smallest absolute Gasteiger partial charge is 0.0707 e. The van der Waals surface area contributed by atoms with E-state index in [-0.39, 0.29) is 6.10 Å². The van der Waals surface area contributed by atoms with Gasteiger partial charge in [-0.1, -0.05) is 29.8 Å². The van der Waals surface area contributed by atoms with E-state index in [9.17, 15) is 5.11 Å². The Labute approximate surface area is 106 Å². The zero-order valence-electron chi connectivity index (χ0n) is 9.56. The first-order chi connectivity index (χ1) is 7.75. The van der Waals surface area contributed by atoms with Crippen molar-refractivity contribution < 1.29 is 5.11 Å². The number of hydrogen-bond donors (Lipinski definition) is 1. The molecule has 88 valence electrons. The van der Waals surface area contributed by atoms with Crippen molar-refractivity contribution in [1.29, 1.82) is 0 Å². The molecule has 2 rings (SSSR count). The molecule has 1 saturated heterocycles. The molecule has 16 heavy (non-hydrogen) atoms. The van der Waals surface area contributed by atoms with Crippen molar-refractivity contribution in [1.82, 2.24) is 0 Å². The van der Waals surface area contributed by atoms with Gasteiger partial charge in [0.15, 0.2) is 0 Å². The number of aliphatic hydroxyl groups excluding tert-OH is 1. The molecule has 0 aliphatic carbocycles. The Balaban J connectivity index is 1.93. The highest BCUT2D eigenvalue weighted by Crippen LogP contribution is 2.27. The lowest BCUT2D eigenvalue weighted by Crippen LogP contribution is -2.30. The van der Waals surface area contributed by atoms with Gasteiger partial charge in [0.05, 0.1) is 6.10 Å². The van der Waals surface area contributed by atoms with Crippen molar-refractivity contribution in [2.75, 3.05) is 17.3 Å². The van der Waals surface area contributed by atoms with Crippen LogP contribution in [0.15, 0.2) is 24.3 Å². The molecule has 1 aliphatic heterocycles. The second-order valence-electron chi connectivity index (χ2n) is 4.24. The second-order valence-corrected chi connectivity index (χ2v) is 6.74. The van der Waals surface area contributed by atoms with Crippen molar-refractivity contribution in [3.8, 4) is 0 Å². The summed E-state index contributed by atoms with van der Waals surface area (Å²) in [6, 6.07) is 8.45. The monoisotopic (exact) mass is 254 g/mol. The van der Waals surface area contributed by atoms with Gasteiger partial charge in [0.1, 0.15) is 0 Å². The van der Waals surface area contributed by atoms with Gasteiger partial charge < -0.3 is 5.11 Å². The molecule has 2 atom stereocenters. The van der Waals surface area contributed by atoms with Gasteiger partial charge in [-0.3, -0.25) is 0 Å². The summed E-state index contributed by atoms with van der Waals surface area (Å²) in [6.45, 7) is 2.10. The number of aryl methyl sites for hydroxylation is 1. The summed E-state index contributed by atoms with van der Waals surface area (Å²) < 4.78 is 0. The molecule has 0 amide bonds. The van der Waals surface area contributed by atoms with Crippen LogP contribution in [0.25, 0.3) is 0 Å². The second kappa shape index (κ2) is 5.99. The molecule has 1 aliphatic rings. The lowest BCUT2D eigenvalue weighted by molar-refractivity contribution is 0.177.